The molecule has 3 rings (SSSR count). The number of rotatable bonds is 7. The van der Waals surface area contributed by atoms with Gasteiger partial charge < -0.3 is 0 Å². The largest absolute Gasteiger partial charge is 0.271 e. The van der Waals surface area contributed by atoms with Crippen LogP contribution in [0.15, 0.2) is 83.1 Å². The molecule has 8 heteroatoms. The van der Waals surface area contributed by atoms with Gasteiger partial charge in [-0.1, -0.05) is 35.9 Å². The van der Waals surface area contributed by atoms with Crippen LogP contribution in [0.3, 0.4) is 0 Å². The SMILES string of the molecule is C/C(=N\NC(=O)c1ccc(CN(C)S(=O)(=O)c2ccc(C)cc2)cc1)c1cccnc1. The van der Waals surface area contributed by atoms with E-state index in [-0.39, 0.29) is 17.3 Å². The molecule has 1 heterocycles. The Morgan fingerprint density at radius 1 is 1.03 bits per heavy atom. The van der Waals surface area contributed by atoms with Crippen LogP contribution >= 0.6 is 0 Å². The summed E-state index contributed by atoms with van der Waals surface area (Å²) in [6.07, 6.45) is 3.33. The fourth-order valence-electron chi connectivity index (χ4n) is 2.83. The second-order valence-corrected chi connectivity index (χ2v) is 9.20. The molecule has 0 aliphatic carbocycles. The second kappa shape index (κ2) is 9.63. The maximum atomic E-state index is 12.7. The van der Waals surface area contributed by atoms with Crippen molar-refractivity contribution in [2.24, 2.45) is 5.10 Å². The lowest BCUT2D eigenvalue weighted by Crippen LogP contribution is -2.26. The molecule has 1 N–H and O–H groups in total. The number of carbonyl (C=O) groups excluding carboxylic acids is 1. The number of nitrogens with one attached hydrogen (secondary N) is 1. The van der Waals surface area contributed by atoms with Gasteiger partial charge in [-0.2, -0.15) is 9.41 Å². The molecule has 160 valence electrons. The average molecular weight is 437 g/mol. The summed E-state index contributed by atoms with van der Waals surface area (Å²) in [5.41, 5.74) is 6.17. The number of aromatic nitrogens is 1. The van der Waals surface area contributed by atoms with E-state index in [0.29, 0.717) is 11.3 Å². The van der Waals surface area contributed by atoms with Crippen LogP contribution in [0.5, 0.6) is 0 Å². The monoisotopic (exact) mass is 436 g/mol. The van der Waals surface area contributed by atoms with Crippen molar-refractivity contribution in [3.05, 3.63) is 95.3 Å². The highest BCUT2D eigenvalue weighted by Crippen LogP contribution is 2.17. The predicted octanol–water partition coefficient (Wildman–Crippen LogP) is 3.36. The lowest BCUT2D eigenvalue weighted by Gasteiger charge is -2.17. The molecule has 0 atom stereocenters. The number of pyridine rings is 1. The number of benzene rings is 2. The number of carbonyl (C=O) groups is 1. The molecule has 0 fully saturated rings. The van der Waals surface area contributed by atoms with Gasteiger partial charge in [0.2, 0.25) is 10.0 Å². The van der Waals surface area contributed by atoms with Crippen LogP contribution in [-0.2, 0) is 16.6 Å². The smallest absolute Gasteiger partial charge is 0.267 e. The van der Waals surface area contributed by atoms with Gasteiger partial charge in [0.05, 0.1) is 10.6 Å². The summed E-state index contributed by atoms with van der Waals surface area (Å²) in [6, 6.07) is 17.1. The highest BCUT2D eigenvalue weighted by Gasteiger charge is 2.20. The van der Waals surface area contributed by atoms with Crippen molar-refractivity contribution in [2.75, 3.05) is 7.05 Å². The summed E-state index contributed by atoms with van der Waals surface area (Å²) in [4.78, 5) is 16.6. The molecule has 1 aromatic heterocycles. The van der Waals surface area contributed by atoms with Gasteiger partial charge >= 0.3 is 0 Å². The highest BCUT2D eigenvalue weighted by molar-refractivity contribution is 7.89. The lowest BCUT2D eigenvalue weighted by atomic mass is 10.1. The molecule has 0 spiro atoms. The highest BCUT2D eigenvalue weighted by atomic mass is 32.2. The van der Waals surface area contributed by atoms with Crippen molar-refractivity contribution < 1.29 is 13.2 Å². The summed E-state index contributed by atoms with van der Waals surface area (Å²) in [5, 5.41) is 4.10. The summed E-state index contributed by atoms with van der Waals surface area (Å²) in [5.74, 6) is -0.351. The minimum Gasteiger partial charge on any atom is -0.267 e. The van der Waals surface area contributed by atoms with Gasteiger partial charge in [0.15, 0.2) is 0 Å². The summed E-state index contributed by atoms with van der Waals surface area (Å²) in [6.45, 7) is 3.88. The summed E-state index contributed by atoms with van der Waals surface area (Å²) >= 11 is 0. The molecule has 0 saturated carbocycles. The Balaban J connectivity index is 1.64. The van der Waals surface area contributed by atoms with Crippen LogP contribution in [-0.4, -0.2) is 36.4 Å². The van der Waals surface area contributed by atoms with E-state index in [1.54, 1.807) is 73.9 Å². The molecule has 2 aromatic carbocycles. The van der Waals surface area contributed by atoms with E-state index < -0.39 is 10.0 Å². The van der Waals surface area contributed by atoms with Gasteiger partial charge in [0.25, 0.3) is 5.91 Å². The molecule has 3 aromatic rings. The Kier molecular flexibility index (Phi) is 6.94. The predicted molar refractivity (Wildman–Crippen MR) is 120 cm³/mol. The first-order valence-corrected chi connectivity index (χ1v) is 11.1. The molecule has 0 unspecified atom stereocenters. The van der Waals surface area contributed by atoms with Crippen LogP contribution < -0.4 is 5.43 Å². The van der Waals surface area contributed by atoms with Crippen LogP contribution in [0.2, 0.25) is 0 Å². The zero-order valence-corrected chi connectivity index (χ0v) is 18.4. The molecule has 0 aliphatic heterocycles. The molecule has 0 radical (unpaired) electrons. The number of hydrogen-bond donors (Lipinski definition) is 1. The van der Waals surface area contributed by atoms with Crippen molar-refractivity contribution in [1.82, 2.24) is 14.7 Å². The number of aryl methyl sites for hydroxylation is 1. The lowest BCUT2D eigenvalue weighted by molar-refractivity contribution is 0.0955. The molecule has 7 nitrogen and oxygen atoms in total. The van der Waals surface area contributed by atoms with E-state index in [1.165, 1.54) is 11.4 Å². The molecule has 0 bridgehead atoms. The average Bonchev–Trinajstić information content (AvgIpc) is 2.78. The Hall–Kier alpha value is -3.36. The Morgan fingerprint density at radius 3 is 2.32 bits per heavy atom. The standard InChI is InChI=1S/C23H24N4O3S/c1-17-6-12-22(13-7-17)31(29,30)27(3)16-19-8-10-20(11-9-19)23(28)26-25-18(2)21-5-4-14-24-15-21/h4-15H,16H2,1-3H3,(H,26,28)/b25-18+. The Morgan fingerprint density at radius 2 is 1.71 bits per heavy atom. The van der Waals surface area contributed by atoms with Gasteiger partial charge in [0.1, 0.15) is 0 Å². The maximum Gasteiger partial charge on any atom is 0.271 e. The van der Waals surface area contributed by atoms with Crippen molar-refractivity contribution in [2.45, 2.75) is 25.3 Å². The normalized spacial score (nSPS) is 12.1. The molecule has 0 saturated heterocycles. The van der Waals surface area contributed by atoms with Gasteiger partial charge in [-0.3, -0.25) is 9.78 Å². The van der Waals surface area contributed by atoms with Crippen LogP contribution in [0.1, 0.15) is 34.0 Å². The van der Waals surface area contributed by atoms with Crippen LogP contribution in [0, 0.1) is 6.92 Å². The van der Waals surface area contributed by atoms with Gasteiger partial charge in [0, 0.05) is 37.1 Å². The molecular formula is C23H24N4O3S. The molecular weight excluding hydrogens is 412 g/mol. The minimum absolute atomic E-state index is 0.191. The molecule has 1 amide bonds. The topological polar surface area (TPSA) is 91.7 Å². The fourth-order valence-corrected chi connectivity index (χ4v) is 3.99. The van der Waals surface area contributed by atoms with E-state index >= 15 is 0 Å². The third kappa shape index (κ3) is 5.62. The number of nitrogens with zero attached hydrogens (tertiary/aromatic N) is 3. The first-order valence-electron chi connectivity index (χ1n) is 9.64. The van der Waals surface area contributed by atoms with Crippen LogP contribution in [0.25, 0.3) is 0 Å². The summed E-state index contributed by atoms with van der Waals surface area (Å²) in [7, 11) is -2.06. The number of hydrogen-bond acceptors (Lipinski definition) is 5. The number of hydrazone groups is 1. The van der Waals surface area contributed by atoms with Crippen LogP contribution in [0.4, 0.5) is 0 Å². The molecule has 0 aliphatic rings. The number of sulfonamides is 1. The van der Waals surface area contributed by atoms with Crippen molar-refractivity contribution in [1.29, 1.82) is 0 Å². The molecule has 31 heavy (non-hydrogen) atoms. The zero-order chi connectivity index (χ0) is 22.4. The van der Waals surface area contributed by atoms with Gasteiger partial charge in [-0.15, -0.1) is 0 Å². The maximum absolute atomic E-state index is 12.7. The van der Waals surface area contributed by atoms with E-state index in [4.69, 9.17) is 0 Å². The first-order chi connectivity index (χ1) is 14.8. The third-order valence-corrected chi connectivity index (χ3v) is 6.57. The van der Waals surface area contributed by atoms with E-state index in [9.17, 15) is 13.2 Å². The Labute approximate surface area is 182 Å². The minimum atomic E-state index is -3.59. The summed E-state index contributed by atoms with van der Waals surface area (Å²) < 4.78 is 26.7. The first kappa shape index (κ1) is 22.3. The third-order valence-electron chi connectivity index (χ3n) is 4.75. The zero-order valence-electron chi connectivity index (χ0n) is 17.6. The quantitative estimate of drug-likeness (QED) is 0.454. The number of amides is 1. The van der Waals surface area contributed by atoms with Gasteiger partial charge in [-0.25, -0.2) is 13.8 Å². The van der Waals surface area contributed by atoms with Crippen molar-refractivity contribution in [3.8, 4) is 0 Å². The second-order valence-electron chi connectivity index (χ2n) is 7.15. The van der Waals surface area contributed by atoms with E-state index in [2.05, 4.69) is 15.5 Å². The van der Waals surface area contributed by atoms with Gasteiger partial charge in [-0.05, 0) is 49.7 Å². The van der Waals surface area contributed by atoms with E-state index in [0.717, 1.165) is 16.7 Å². The van der Waals surface area contributed by atoms with E-state index in [1.807, 2.05) is 13.0 Å². The Bertz CT molecular complexity index is 1170. The fraction of sp³-hybridized carbons (Fsp3) is 0.174. The van der Waals surface area contributed by atoms with Crippen molar-refractivity contribution in [3.63, 3.8) is 0 Å². The van der Waals surface area contributed by atoms with Crippen molar-refractivity contribution >= 4 is 21.6 Å².